The van der Waals surface area contributed by atoms with Gasteiger partial charge in [0.05, 0.1) is 11.3 Å². The van der Waals surface area contributed by atoms with Crippen LogP contribution >= 0.6 is 0 Å². The molecule has 1 aliphatic heterocycles. The van der Waals surface area contributed by atoms with Crippen molar-refractivity contribution in [2.24, 2.45) is 7.05 Å². The normalized spacial score (nSPS) is 13.9. The molecule has 1 N–H and O–H groups in total. The number of fused-ring (bicyclic) bond motifs is 1. The third kappa shape index (κ3) is 2.69. The Morgan fingerprint density at radius 1 is 1.26 bits per heavy atom. The first kappa shape index (κ1) is 15.2. The van der Waals surface area contributed by atoms with Crippen LogP contribution < -0.4 is 9.47 Å². The number of alkyl halides is 3. The van der Waals surface area contributed by atoms with Gasteiger partial charge in [-0.15, -0.1) is 0 Å². The minimum absolute atomic E-state index is 0.0853. The van der Waals surface area contributed by atoms with E-state index in [-0.39, 0.29) is 41.5 Å². The lowest BCUT2D eigenvalue weighted by Gasteiger charge is -2.21. The quantitative estimate of drug-likeness (QED) is 0.917. The summed E-state index contributed by atoms with van der Waals surface area (Å²) in [7, 11) is 1.34. The van der Waals surface area contributed by atoms with Crippen molar-refractivity contribution in [3.05, 3.63) is 29.5 Å². The van der Waals surface area contributed by atoms with Crippen molar-refractivity contribution in [3.8, 4) is 22.8 Å². The summed E-state index contributed by atoms with van der Waals surface area (Å²) in [5.74, 6) is -0.833. The molecule has 2 heterocycles. The molecule has 0 amide bonds. The molecule has 0 saturated carbocycles. The maximum atomic E-state index is 12.8. The van der Waals surface area contributed by atoms with E-state index in [1.54, 1.807) is 0 Å². The van der Waals surface area contributed by atoms with Crippen LogP contribution in [0.25, 0.3) is 11.3 Å². The molecule has 9 heteroatoms. The van der Waals surface area contributed by atoms with Crippen molar-refractivity contribution in [1.29, 1.82) is 0 Å². The second kappa shape index (κ2) is 5.18. The highest BCUT2D eigenvalue weighted by atomic mass is 19.4. The number of hydrogen-bond acceptors (Lipinski definition) is 4. The molecule has 1 aromatic carbocycles. The van der Waals surface area contributed by atoms with E-state index in [4.69, 9.17) is 14.6 Å². The molecule has 0 atom stereocenters. The van der Waals surface area contributed by atoms with Gasteiger partial charge in [0.25, 0.3) is 0 Å². The van der Waals surface area contributed by atoms with Gasteiger partial charge in [0.2, 0.25) is 0 Å². The van der Waals surface area contributed by atoms with Crippen molar-refractivity contribution in [1.82, 2.24) is 9.78 Å². The number of rotatable bonds is 2. The number of carboxylic acids is 1. The van der Waals surface area contributed by atoms with Crippen LogP contribution in [0, 0.1) is 0 Å². The lowest BCUT2D eigenvalue weighted by molar-refractivity contribution is -0.141. The fourth-order valence-electron chi connectivity index (χ4n) is 2.33. The average molecular weight is 328 g/mol. The standard InChI is InChI=1S/C14H11F3N2O4/c1-19-9(6-11(18-19)14(15,16)17)8-4-7(13(20)21)5-10-12(8)23-3-2-22-10/h4-6H,2-3H2,1H3,(H,20,21). The van der Waals surface area contributed by atoms with Gasteiger partial charge in [0.1, 0.15) is 13.2 Å². The molecule has 1 aromatic heterocycles. The number of benzene rings is 1. The summed E-state index contributed by atoms with van der Waals surface area (Å²) in [4.78, 5) is 11.2. The van der Waals surface area contributed by atoms with Crippen LogP contribution in [0.4, 0.5) is 13.2 Å². The molecular formula is C14H11F3N2O4. The second-order valence-electron chi connectivity index (χ2n) is 4.89. The molecule has 0 radical (unpaired) electrons. The van der Waals surface area contributed by atoms with Gasteiger partial charge in [-0.3, -0.25) is 4.68 Å². The lowest BCUT2D eigenvalue weighted by Crippen LogP contribution is -2.17. The molecule has 0 fully saturated rings. The molecule has 2 aromatic rings. The summed E-state index contributed by atoms with van der Waals surface area (Å²) in [6.45, 7) is 0.450. The van der Waals surface area contributed by atoms with Crippen LogP contribution in [-0.2, 0) is 13.2 Å². The Hall–Kier alpha value is -2.71. The molecular weight excluding hydrogens is 317 g/mol. The number of nitrogens with zero attached hydrogens (tertiary/aromatic N) is 2. The first-order chi connectivity index (χ1) is 10.8. The summed E-state index contributed by atoms with van der Waals surface area (Å²) >= 11 is 0. The Morgan fingerprint density at radius 2 is 1.96 bits per heavy atom. The van der Waals surface area contributed by atoms with E-state index < -0.39 is 17.8 Å². The number of aromatic nitrogens is 2. The molecule has 122 valence electrons. The van der Waals surface area contributed by atoms with Crippen LogP contribution in [0.2, 0.25) is 0 Å². The molecule has 0 saturated heterocycles. The molecule has 3 rings (SSSR count). The van der Waals surface area contributed by atoms with Crippen molar-refractivity contribution in [2.45, 2.75) is 6.18 Å². The Labute approximate surface area is 128 Å². The maximum Gasteiger partial charge on any atom is 0.435 e. The number of carbonyl (C=O) groups is 1. The van der Waals surface area contributed by atoms with Gasteiger partial charge >= 0.3 is 12.1 Å². The third-order valence-corrected chi connectivity index (χ3v) is 3.34. The molecule has 0 unspecified atom stereocenters. The smallest absolute Gasteiger partial charge is 0.435 e. The summed E-state index contributed by atoms with van der Waals surface area (Å²) in [6.07, 6.45) is -4.60. The van der Waals surface area contributed by atoms with Gasteiger partial charge in [-0.2, -0.15) is 18.3 Å². The average Bonchev–Trinajstić information content (AvgIpc) is 2.88. The molecule has 23 heavy (non-hydrogen) atoms. The van der Waals surface area contributed by atoms with E-state index in [1.165, 1.54) is 19.2 Å². The monoisotopic (exact) mass is 328 g/mol. The van der Waals surface area contributed by atoms with Crippen LogP contribution in [0.5, 0.6) is 11.5 Å². The summed E-state index contributed by atoms with van der Waals surface area (Å²) < 4.78 is 50.3. The highest BCUT2D eigenvalue weighted by molar-refractivity contribution is 5.91. The Balaban J connectivity index is 2.21. The van der Waals surface area contributed by atoms with Gasteiger partial charge in [0, 0.05) is 12.6 Å². The zero-order valence-corrected chi connectivity index (χ0v) is 11.8. The number of aryl methyl sites for hydroxylation is 1. The molecule has 0 spiro atoms. The van der Waals surface area contributed by atoms with Gasteiger partial charge < -0.3 is 14.6 Å². The first-order valence-corrected chi connectivity index (χ1v) is 6.56. The Kier molecular flexibility index (Phi) is 3.42. The molecule has 0 bridgehead atoms. The van der Waals surface area contributed by atoms with E-state index >= 15 is 0 Å². The van der Waals surface area contributed by atoms with E-state index in [9.17, 15) is 18.0 Å². The van der Waals surface area contributed by atoms with Crippen LogP contribution in [0.1, 0.15) is 16.1 Å². The van der Waals surface area contributed by atoms with E-state index in [0.29, 0.717) is 0 Å². The summed E-state index contributed by atoms with van der Waals surface area (Å²) in [5, 5.41) is 12.6. The first-order valence-electron chi connectivity index (χ1n) is 6.56. The van der Waals surface area contributed by atoms with Crippen molar-refractivity contribution >= 4 is 5.97 Å². The molecule has 1 aliphatic rings. The van der Waals surface area contributed by atoms with Crippen molar-refractivity contribution in [3.63, 3.8) is 0 Å². The van der Waals surface area contributed by atoms with E-state index in [0.717, 1.165) is 10.7 Å². The van der Waals surface area contributed by atoms with Crippen LogP contribution in [-0.4, -0.2) is 34.1 Å². The zero-order chi connectivity index (χ0) is 16.8. The Bertz CT molecular complexity index is 783. The Morgan fingerprint density at radius 3 is 2.57 bits per heavy atom. The maximum absolute atomic E-state index is 12.8. The number of ether oxygens (including phenoxy) is 2. The predicted molar refractivity (Wildman–Crippen MR) is 71.6 cm³/mol. The minimum Gasteiger partial charge on any atom is -0.486 e. The fourth-order valence-corrected chi connectivity index (χ4v) is 2.33. The van der Waals surface area contributed by atoms with Crippen molar-refractivity contribution in [2.75, 3.05) is 13.2 Å². The highest BCUT2D eigenvalue weighted by Gasteiger charge is 2.35. The summed E-state index contributed by atoms with van der Waals surface area (Å²) in [5.41, 5.74) is -0.910. The largest absolute Gasteiger partial charge is 0.486 e. The number of hydrogen-bond donors (Lipinski definition) is 1. The lowest BCUT2D eigenvalue weighted by atomic mass is 10.0. The summed E-state index contributed by atoms with van der Waals surface area (Å²) in [6, 6.07) is 3.37. The predicted octanol–water partition coefficient (Wildman–Crippen LogP) is 2.58. The van der Waals surface area contributed by atoms with Gasteiger partial charge in [-0.05, 0) is 18.2 Å². The molecule has 6 nitrogen and oxygen atoms in total. The van der Waals surface area contributed by atoms with Gasteiger partial charge in [-0.1, -0.05) is 0 Å². The topological polar surface area (TPSA) is 73.6 Å². The van der Waals surface area contributed by atoms with Crippen LogP contribution in [0.3, 0.4) is 0 Å². The van der Waals surface area contributed by atoms with E-state index in [1.807, 2.05) is 0 Å². The fraction of sp³-hybridized carbons (Fsp3) is 0.286. The van der Waals surface area contributed by atoms with Gasteiger partial charge in [-0.25, -0.2) is 4.79 Å². The minimum atomic E-state index is -4.60. The zero-order valence-electron chi connectivity index (χ0n) is 11.8. The number of carboxylic acid groups (broad SMARTS) is 1. The second-order valence-corrected chi connectivity index (χ2v) is 4.89. The van der Waals surface area contributed by atoms with Crippen LogP contribution in [0.15, 0.2) is 18.2 Å². The molecule has 0 aliphatic carbocycles. The number of aromatic carboxylic acids is 1. The van der Waals surface area contributed by atoms with Crippen molar-refractivity contribution < 1.29 is 32.5 Å². The number of halogens is 3. The van der Waals surface area contributed by atoms with E-state index in [2.05, 4.69) is 5.10 Å². The highest BCUT2D eigenvalue weighted by Crippen LogP contribution is 2.42. The van der Waals surface area contributed by atoms with Gasteiger partial charge in [0.15, 0.2) is 17.2 Å². The third-order valence-electron chi connectivity index (χ3n) is 3.34. The SMILES string of the molecule is Cn1nc(C(F)(F)F)cc1-c1cc(C(=O)O)cc2c1OCCO2.